The molecule has 0 aromatic carbocycles. The highest BCUT2D eigenvalue weighted by Crippen LogP contribution is 1.97. The van der Waals surface area contributed by atoms with Crippen LogP contribution in [0.15, 0.2) is 6.20 Å². The van der Waals surface area contributed by atoms with Gasteiger partial charge in [0.1, 0.15) is 5.69 Å². The second-order valence-corrected chi connectivity index (χ2v) is 2.40. The van der Waals surface area contributed by atoms with Crippen LogP contribution >= 0.6 is 0 Å². The van der Waals surface area contributed by atoms with Crippen LogP contribution in [0.25, 0.3) is 0 Å². The summed E-state index contributed by atoms with van der Waals surface area (Å²) in [6, 6.07) is -0.493. The average Bonchev–Trinajstić information content (AvgIpc) is 2.33. The predicted octanol–water partition coefficient (Wildman–Crippen LogP) is -0.655. The van der Waals surface area contributed by atoms with E-state index in [0.29, 0.717) is 5.69 Å². The van der Waals surface area contributed by atoms with Crippen LogP contribution < -0.4 is 5.73 Å². The van der Waals surface area contributed by atoms with E-state index in [1.54, 1.807) is 14.0 Å². The van der Waals surface area contributed by atoms with Crippen molar-refractivity contribution < 1.29 is 4.79 Å². The molecule has 0 radical (unpaired) electrons. The van der Waals surface area contributed by atoms with Crippen LogP contribution in [0.1, 0.15) is 17.4 Å². The smallest absolute Gasteiger partial charge is 0.198 e. The minimum atomic E-state index is -0.493. The summed E-state index contributed by atoms with van der Waals surface area (Å²) in [5, 5.41) is 7.17. The number of aromatic nitrogens is 3. The summed E-state index contributed by atoms with van der Waals surface area (Å²) in [5.41, 5.74) is 5.82. The number of nitrogens with two attached hydrogens (primary N) is 1. The highest BCUT2D eigenvalue weighted by Gasteiger charge is 2.14. The molecular weight excluding hydrogens is 144 g/mol. The molecule has 5 nitrogen and oxygen atoms in total. The molecule has 0 saturated heterocycles. The highest BCUT2D eigenvalue weighted by molar-refractivity contribution is 5.97. The molecule has 0 aliphatic heterocycles. The molecule has 1 atom stereocenters. The first-order valence-corrected chi connectivity index (χ1v) is 3.27. The van der Waals surface area contributed by atoms with Gasteiger partial charge in [-0.25, -0.2) is 4.68 Å². The second kappa shape index (κ2) is 2.79. The molecule has 1 unspecified atom stereocenters. The maximum absolute atomic E-state index is 11.2. The molecule has 1 rings (SSSR count). The van der Waals surface area contributed by atoms with Crippen molar-refractivity contribution in [2.24, 2.45) is 12.8 Å². The maximum atomic E-state index is 11.2. The fraction of sp³-hybridized carbons (Fsp3) is 0.500. The number of aryl methyl sites for hydroxylation is 1. The molecule has 0 aliphatic rings. The van der Waals surface area contributed by atoms with Gasteiger partial charge in [-0.3, -0.25) is 4.79 Å². The first-order valence-electron chi connectivity index (χ1n) is 3.27. The largest absolute Gasteiger partial charge is 0.321 e. The highest BCUT2D eigenvalue weighted by atomic mass is 16.1. The van der Waals surface area contributed by atoms with E-state index in [4.69, 9.17) is 5.73 Å². The van der Waals surface area contributed by atoms with E-state index in [1.165, 1.54) is 10.9 Å². The Bertz CT molecular complexity index is 265. The molecule has 0 spiro atoms. The molecule has 1 aromatic heterocycles. The Morgan fingerprint density at radius 2 is 2.45 bits per heavy atom. The predicted molar refractivity (Wildman–Crippen MR) is 39.0 cm³/mol. The van der Waals surface area contributed by atoms with Gasteiger partial charge in [0, 0.05) is 7.05 Å². The van der Waals surface area contributed by atoms with Crippen LogP contribution in [0.2, 0.25) is 0 Å². The lowest BCUT2D eigenvalue weighted by Gasteiger charge is -2.01. The summed E-state index contributed by atoms with van der Waals surface area (Å²) < 4.78 is 1.41. The van der Waals surface area contributed by atoms with Gasteiger partial charge in [0.05, 0.1) is 12.2 Å². The van der Waals surface area contributed by atoms with Gasteiger partial charge in [-0.05, 0) is 6.92 Å². The van der Waals surface area contributed by atoms with Crippen LogP contribution in [-0.2, 0) is 7.05 Å². The molecule has 1 heterocycles. The van der Waals surface area contributed by atoms with Crippen molar-refractivity contribution in [1.29, 1.82) is 0 Å². The minimum Gasteiger partial charge on any atom is -0.321 e. The lowest BCUT2D eigenvalue weighted by molar-refractivity contribution is 0.0958. The van der Waals surface area contributed by atoms with Crippen molar-refractivity contribution in [3.63, 3.8) is 0 Å². The topological polar surface area (TPSA) is 73.8 Å². The Hall–Kier alpha value is -1.23. The van der Waals surface area contributed by atoms with Crippen molar-refractivity contribution in [1.82, 2.24) is 15.0 Å². The normalized spacial score (nSPS) is 13.0. The standard InChI is InChI=1S/C6H10N4O/c1-4(7)6(11)5-3-8-9-10(5)2/h3-4H,7H2,1-2H3. The van der Waals surface area contributed by atoms with E-state index in [0.717, 1.165) is 0 Å². The van der Waals surface area contributed by atoms with E-state index >= 15 is 0 Å². The van der Waals surface area contributed by atoms with Gasteiger partial charge in [0.15, 0.2) is 5.78 Å². The first-order chi connectivity index (χ1) is 5.13. The molecule has 2 N–H and O–H groups in total. The Morgan fingerprint density at radius 1 is 1.82 bits per heavy atom. The molecule has 5 heteroatoms. The van der Waals surface area contributed by atoms with Crippen molar-refractivity contribution in [3.8, 4) is 0 Å². The van der Waals surface area contributed by atoms with Gasteiger partial charge in [0.25, 0.3) is 0 Å². The summed E-state index contributed by atoms with van der Waals surface area (Å²) in [6.45, 7) is 1.63. The van der Waals surface area contributed by atoms with E-state index in [9.17, 15) is 4.79 Å². The molecule has 0 saturated carbocycles. The van der Waals surface area contributed by atoms with Crippen LogP contribution in [-0.4, -0.2) is 26.8 Å². The van der Waals surface area contributed by atoms with Gasteiger partial charge in [-0.2, -0.15) is 0 Å². The van der Waals surface area contributed by atoms with Gasteiger partial charge in [-0.15, -0.1) is 5.10 Å². The maximum Gasteiger partial charge on any atom is 0.198 e. The molecular formula is C6H10N4O. The zero-order chi connectivity index (χ0) is 8.43. The zero-order valence-electron chi connectivity index (χ0n) is 6.48. The molecule has 60 valence electrons. The Labute approximate surface area is 64.2 Å². The molecule has 1 aromatic rings. The fourth-order valence-corrected chi connectivity index (χ4v) is 0.746. The number of carbonyl (C=O) groups is 1. The summed E-state index contributed by atoms with van der Waals surface area (Å²) in [5.74, 6) is -0.141. The Kier molecular flexibility index (Phi) is 2.00. The number of hydrogen-bond acceptors (Lipinski definition) is 4. The van der Waals surface area contributed by atoms with Crippen molar-refractivity contribution in [2.75, 3.05) is 0 Å². The Balaban J connectivity index is 2.93. The number of carbonyl (C=O) groups excluding carboxylic acids is 1. The van der Waals surface area contributed by atoms with Crippen LogP contribution in [0, 0.1) is 0 Å². The van der Waals surface area contributed by atoms with Crippen LogP contribution in [0.5, 0.6) is 0 Å². The van der Waals surface area contributed by atoms with E-state index in [2.05, 4.69) is 10.3 Å². The Morgan fingerprint density at radius 3 is 2.82 bits per heavy atom. The van der Waals surface area contributed by atoms with Gasteiger partial charge in [-0.1, -0.05) is 5.21 Å². The van der Waals surface area contributed by atoms with Crippen molar-refractivity contribution in [3.05, 3.63) is 11.9 Å². The van der Waals surface area contributed by atoms with Gasteiger partial charge < -0.3 is 5.73 Å². The summed E-state index contributed by atoms with van der Waals surface area (Å²) >= 11 is 0. The van der Waals surface area contributed by atoms with E-state index < -0.39 is 6.04 Å². The minimum absolute atomic E-state index is 0.141. The van der Waals surface area contributed by atoms with Crippen LogP contribution in [0.3, 0.4) is 0 Å². The van der Waals surface area contributed by atoms with E-state index in [-0.39, 0.29) is 5.78 Å². The van der Waals surface area contributed by atoms with Crippen LogP contribution in [0.4, 0.5) is 0 Å². The number of ketones is 1. The van der Waals surface area contributed by atoms with Crippen molar-refractivity contribution >= 4 is 5.78 Å². The lowest BCUT2D eigenvalue weighted by atomic mass is 10.2. The fourth-order valence-electron chi connectivity index (χ4n) is 0.746. The van der Waals surface area contributed by atoms with Gasteiger partial charge >= 0.3 is 0 Å². The molecule has 11 heavy (non-hydrogen) atoms. The van der Waals surface area contributed by atoms with Gasteiger partial charge in [0.2, 0.25) is 0 Å². The molecule has 0 aliphatic carbocycles. The van der Waals surface area contributed by atoms with Crippen molar-refractivity contribution in [2.45, 2.75) is 13.0 Å². The first kappa shape index (κ1) is 7.87. The molecule has 0 fully saturated rings. The van der Waals surface area contributed by atoms with E-state index in [1.807, 2.05) is 0 Å². The number of nitrogens with zero attached hydrogens (tertiary/aromatic N) is 3. The number of Topliss-reactive ketones (excluding diaryl/α,β-unsaturated/α-hetero) is 1. The summed E-state index contributed by atoms with van der Waals surface area (Å²) in [6.07, 6.45) is 1.41. The quantitative estimate of drug-likeness (QED) is 0.574. The third kappa shape index (κ3) is 1.43. The zero-order valence-corrected chi connectivity index (χ0v) is 6.48. The second-order valence-electron chi connectivity index (χ2n) is 2.40. The summed E-state index contributed by atoms with van der Waals surface area (Å²) in [7, 11) is 1.66. The number of hydrogen-bond donors (Lipinski definition) is 1. The lowest BCUT2D eigenvalue weighted by Crippen LogP contribution is -2.28. The monoisotopic (exact) mass is 154 g/mol. The number of rotatable bonds is 2. The molecule has 0 bridgehead atoms. The molecule has 0 amide bonds. The third-order valence-corrected chi connectivity index (χ3v) is 1.38. The summed E-state index contributed by atoms with van der Waals surface area (Å²) in [4.78, 5) is 11.2. The SMILES string of the molecule is CC(N)C(=O)c1cnnn1C. The average molecular weight is 154 g/mol. The third-order valence-electron chi connectivity index (χ3n) is 1.38.